The highest BCUT2D eigenvalue weighted by atomic mass is 16.5. The van der Waals surface area contributed by atoms with Crippen LogP contribution in [0.5, 0.6) is 11.5 Å². The number of amides is 1. The highest BCUT2D eigenvalue weighted by Crippen LogP contribution is 2.23. The number of carbonyl (C=O) groups is 1. The molecule has 0 spiro atoms. The van der Waals surface area contributed by atoms with Gasteiger partial charge in [0.25, 0.3) is 0 Å². The van der Waals surface area contributed by atoms with Crippen molar-refractivity contribution in [3.05, 3.63) is 54.6 Å². The van der Waals surface area contributed by atoms with Crippen LogP contribution in [0, 0.1) is 0 Å². The second kappa shape index (κ2) is 9.22. The Bertz CT molecular complexity index is 757. The number of hydrogen-bond acceptors (Lipinski definition) is 4. The number of nitrogens with zero attached hydrogens (tertiary/aromatic N) is 2. The van der Waals surface area contributed by atoms with Gasteiger partial charge in [-0.3, -0.25) is 9.69 Å². The minimum absolute atomic E-state index is 0.0602. The van der Waals surface area contributed by atoms with E-state index in [1.807, 2.05) is 54.6 Å². The maximum Gasteiger partial charge on any atom is 0.238 e. The van der Waals surface area contributed by atoms with Crippen molar-refractivity contribution >= 4 is 11.6 Å². The Kier molecular flexibility index (Phi) is 6.24. The lowest BCUT2D eigenvalue weighted by molar-refractivity contribution is -0.117. The van der Waals surface area contributed by atoms with Crippen LogP contribution in [0.25, 0.3) is 0 Å². The number of nitrogens with one attached hydrogen (secondary N) is 1. The number of rotatable bonds is 7. The van der Waals surface area contributed by atoms with Crippen LogP contribution in [-0.4, -0.2) is 54.5 Å². The van der Waals surface area contributed by atoms with Crippen LogP contribution in [-0.2, 0) is 4.79 Å². The number of carbonyl (C=O) groups excluding carboxylic acids is 1. The molecule has 0 radical (unpaired) electrons. The highest BCUT2D eigenvalue weighted by Gasteiger charge is 2.28. The van der Waals surface area contributed by atoms with Gasteiger partial charge in [-0.25, -0.2) is 0 Å². The molecule has 2 aromatic rings. The number of para-hydroxylation sites is 1. The lowest BCUT2D eigenvalue weighted by atomic mass is 10.2. The second-order valence-electron chi connectivity index (χ2n) is 7.76. The van der Waals surface area contributed by atoms with E-state index in [-0.39, 0.29) is 5.91 Å². The Hall–Kier alpha value is -2.37. The normalized spacial score (nSPS) is 20.4. The highest BCUT2D eigenvalue weighted by molar-refractivity contribution is 5.92. The molecule has 2 aromatic carbocycles. The summed E-state index contributed by atoms with van der Waals surface area (Å²) in [4.78, 5) is 17.4. The molecule has 2 aliphatic heterocycles. The summed E-state index contributed by atoms with van der Waals surface area (Å²) < 4.78 is 5.80. The van der Waals surface area contributed by atoms with Gasteiger partial charge in [0, 0.05) is 18.3 Å². The van der Waals surface area contributed by atoms with Crippen LogP contribution in [0.2, 0.25) is 0 Å². The second-order valence-corrected chi connectivity index (χ2v) is 7.76. The van der Waals surface area contributed by atoms with E-state index >= 15 is 0 Å². The molecule has 2 saturated heterocycles. The smallest absolute Gasteiger partial charge is 0.238 e. The number of ether oxygens (including phenoxy) is 1. The Labute approximate surface area is 167 Å². The van der Waals surface area contributed by atoms with Crippen LogP contribution in [0.4, 0.5) is 5.69 Å². The van der Waals surface area contributed by atoms with E-state index in [1.165, 1.54) is 38.8 Å². The third kappa shape index (κ3) is 5.12. The van der Waals surface area contributed by atoms with Crippen molar-refractivity contribution in [3.8, 4) is 11.5 Å². The van der Waals surface area contributed by atoms with Gasteiger partial charge in [0.2, 0.25) is 5.91 Å². The standard InChI is InChI=1S/C23H29N3O2/c27-23(18-26-16-6-7-20(26)17-25-14-4-5-15-25)24-19-10-12-22(13-11-19)28-21-8-2-1-3-9-21/h1-3,8-13,20H,4-7,14-18H2,(H,24,27). The summed E-state index contributed by atoms with van der Waals surface area (Å²) in [5.41, 5.74) is 0.806. The third-order valence-electron chi connectivity index (χ3n) is 5.63. The molecule has 5 heteroatoms. The molecule has 0 saturated carbocycles. The predicted molar refractivity (Wildman–Crippen MR) is 112 cm³/mol. The zero-order valence-corrected chi connectivity index (χ0v) is 16.3. The molecular formula is C23H29N3O2. The molecule has 148 valence electrons. The van der Waals surface area contributed by atoms with E-state index < -0.39 is 0 Å². The van der Waals surface area contributed by atoms with Crippen LogP contribution < -0.4 is 10.1 Å². The summed E-state index contributed by atoms with van der Waals surface area (Å²) in [5, 5.41) is 3.02. The van der Waals surface area contributed by atoms with E-state index in [2.05, 4.69) is 15.1 Å². The minimum Gasteiger partial charge on any atom is -0.457 e. The fraction of sp³-hybridized carbons (Fsp3) is 0.435. The molecule has 0 aromatic heterocycles. The van der Waals surface area contributed by atoms with Crippen molar-refractivity contribution in [1.82, 2.24) is 9.80 Å². The zero-order chi connectivity index (χ0) is 19.2. The van der Waals surface area contributed by atoms with Gasteiger partial charge in [-0.15, -0.1) is 0 Å². The van der Waals surface area contributed by atoms with Gasteiger partial charge in [0.05, 0.1) is 6.54 Å². The molecule has 0 bridgehead atoms. The molecule has 1 amide bonds. The fourth-order valence-corrected chi connectivity index (χ4v) is 4.19. The maximum atomic E-state index is 12.5. The topological polar surface area (TPSA) is 44.8 Å². The SMILES string of the molecule is O=C(CN1CCCC1CN1CCCC1)Nc1ccc(Oc2ccccc2)cc1. The summed E-state index contributed by atoms with van der Waals surface area (Å²) in [6, 6.07) is 17.8. The first-order chi connectivity index (χ1) is 13.8. The number of benzene rings is 2. The Balaban J connectivity index is 1.27. The first-order valence-electron chi connectivity index (χ1n) is 10.4. The van der Waals surface area contributed by atoms with Crippen molar-refractivity contribution in [3.63, 3.8) is 0 Å². The lowest BCUT2D eigenvalue weighted by Crippen LogP contribution is -2.42. The van der Waals surface area contributed by atoms with Crippen molar-refractivity contribution in [2.45, 2.75) is 31.7 Å². The van der Waals surface area contributed by atoms with Crippen molar-refractivity contribution < 1.29 is 9.53 Å². The monoisotopic (exact) mass is 379 g/mol. The molecule has 2 fully saturated rings. The van der Waals surface area contributed by atoms with Gasteiger partial charge in [-0.05, 0) is 81.7 Å². The Morgan fingerprint density at radius 2 is 1.64 bits per heavy atom. The summed E-state index contributed by atoms with van der Waals surface area (Å²) >= 11 is 0. The molecule has 1 N–H and O–H groups in total. The number of anilines is 1. The van der Waals surface area contributed by atoms with Gasteiger partial charge in [0.1, 0.15) is 11.5 Å². The molecule has 28 heavy (non-hydrogen) atoms. The van der Waals surface area contributed by atoms with E-state index in [0.29, 0.717) is 12.6 Å². The van der Waals surface area contributed by atoms with Gasteiger partial charge in [0.15, 0.2) is 0 Å². The van der Waals surface area contributed by atoms with E-state index in [1.54, 1.807) is 0 Å². The van der Waals surface area contributed by atoms with Crippen molar-refractivity contribution in [1.29, 1.82) is 0 Å². The molecule has 4 rings (SSSR count). The minimum atomic E-state index is 0.0602. The average molecular weight is 380 g/mol. The van der Waals surface area contributed by atoms with E-state index in [0.717, 1.165) is 30.3 Å². The summed E-state index contributed by atoms with van der Waals surface area (Å²) in [7, 11) is 0. The first kappa shape index (κ1) is 19.0. The quantitative estimate of drug-likeness (QED) is 0.790. The van der Waals surface area contributed by atoms with E-state index in [9.17, 15) is 4.79 Å². The molecule has 2 heterocycles. The van der Waals surface area contributed by atoms with Crippen LogP contribution in [0.1, 0.15) is 25.7 Å². The van der Waals surface area contributed by atoms with Gasteiger partial charge < -0.3 is 15.0 Å². The van der Waals surface area contributed by atoms with Crippen molar-refractivity contribution in [2.24, 2.45) is 0 Å². The Morgan fingerprint density at radius 3 is 2.39 bits per heavy atom. The summed E-state index contributed by atoms with van der Waals surface area (Å²) in [6.07, 6.45) is 5.03. The molecule has 2 aliphatic rings. The molecule has 0 aliphatic carbocycles. The van der Waals surface area contributed by atoms with Gasteiger partial charge >= 0.3 is 0 Å². The Morgan fingerprint density at radius 1 is 0.929 bits per heavy atom. The fourth-order valence-electron chi connectivity index (χ4n) is 4.19. The molecular weight excluding hydrogens is 350 g/mol. The van der Waals surface area contributed by atoms with Crippen LogP contribution in [0.3, 0.4) is 0 Å². The summed E-state index contributed by atoms with van der Waals surface area (Å²) in [6.45, 7) is 5.04. The largest absolute Gasteiger partial charge is 0.457 e. The third-order valence-corrected chi connectivity index (χ3v) is 5.63. The van der Waals surface area contributed by atoms with Crippen LogP contribution in [0.15, 0.2) is 54.6 Å². The number of likely N-dealkylation sites (tertiary alicyclic amines) is 2. The first-order valence-corrected chi connectivity index (χ1v) is 10.4. The van der Waals surface area contributed by atoms with Crippen molar-refractivity contribution in [2.75, 3.05) is 38.0 Å². The predicted octanol–water partition coefficient (Wildman–Crippen LogP) is 3.98. The van der Waals surface area contributed by atoms with Gasteiger partial charge in [-0.1, -0.05) is 18.2 Å². The molecule has 1 unspecified atom stereocenters. The lowest BCUT2D eigenvalue weighted by Gasteiger charge is -2.27. The van der Waals surface area contributed by atoms with E-state index in [4.69, 9.17) is 4.74 Å². The molecule has 1 atom stereocenters. The molecule has 5 nitrogen and oxygen atoms in total. The number of hydrogen-bond donors (Lipinski definition) is 1. The van der Waals surface area contributed by atoms with Crippen LogP contribution >= 0.6 is 0 Å². The average Bonchev–Trinajstić information content (AvgIpc) is 3.37. The summed E-state index contributed by atoms with van der Waals surface area (Å²) in [5.74, 6) is 1.62. The maximum absolute atomic E-state index is 12.5. The zero-order valence-electron chi connectivity index (χ0n) is 16.3. The van der Waals surface area contributed by atoms with Gasteiger partial charge in [-0.2, -0.15) is 0 Å².